The van der Waals surface area contributed by atoms with Crippen LogP contribution >= 0.6 is 0 Å². The molecule has 5 rings (SSSR count). The van der Waals surface area contributed by atoms with Gasteiger partial charge in [0.1, 0.15) is 0 Å². The van der Waals surface area contributed by atoms with Crippen molar-refractivity contribution in [2.75, 3.05) is 0 Å². The first-order valence-corrected chi connectivity index (χ1v) is 11.5. The Morgan fingerprint density at radius 3 is 1.76 bits per heavy atom. The molecule has 0 bridgehead atoms. The second-order valence-corrected chi connectivity index (χ2v) is 8.48. The molecule has 0 aliphatic carbocycles. The van der Waals surface area contributed by atoms with Gasteiger partial charge in [-0.1, -0.05) is 109 Å². The van der Waals surface area contributed by atoms with Gasteiger partial charge in [0.05, 0.1) is 16.8 Å². The zero-order chi connectivity index (χ0) is 23.3. The molecular formula is C31H26N2O. The lowest BCUT2D eigenvalue weighted by atomic mass is 9.96. The van der Waals surface area contributed by atoms with Crippen molar-refractivity contribution in [2.24, 2.45) is 0 Å². The molecule has 0 N–H and O–H groups in total. The van der Waals surface area contributed by atoms with Crippen molar-refractivity contribution in [1.82, 2.24) is 9.88 Å². The standard InChI is InChI=1S/C31H26N2O/c1-23-29(27-19-11-12-20-28(27)32-30(23)26-17-9-4-10-18-26)31(34)33(21-24-13-5-2-6-14-24)22-25-15-7-3-8-16-25/h2-20H,21-22H2,1H3. The largest absolute Gasteiger partial charge is 0.330 e. The molecule has 0 aliphatic heterocycles. The lowest BCUT2D eigenvalue weighted by molar-refractivity contribution is 0.0731. The van der Waals surface area contributed by atoms with Gasteiger partial charge in [0, 0.05) is 24.0 Å². The quantitative estimate of drug-likeness (QED) is 0.282. The van der Waals surface area contributed by atoms with Gasteiger partial charge < -0.3 is 4.90 Å². The van der Waals surface area contributed by atoms with Crippen LogP contribution in [0.1, 0.15) is 27.0 Å². The van der Waals surface area contributed by atoms with Crippen LogP contribution in [0.25, 0.3) is 22.2 Å². The molecule has 3 heteroatoms. The van der Waals surface area contributed by atoms with Crippen molar-refractivity contribution in [1.29, 1.82) is 0 Å². The van der Waals surface area contributed by atoms with Crippen molar-refractivity contribution in [2.45, 2.75) is 20.0 Å². The summed E-state index contributed by atoms with van der Waals surface area (Å²) in [7, 11) is 0. The summed E-state index contributed by atoms with van der Waals surface area (Å²) in [4.78, 5) is 21.2. The van der Waals surface area contributed by atoms with E-state index in [1.807, 2.05) is 103 Å². The number of amides is 1. The van der Waals surface area contributed by atoms with E-state index < -0.39 is 0 Å². The number of fused-ring (bicyclic) bond motifs is 1. The fourth-order valence-corrected chi connectivity index (χ4v) is 4.43. The first-order valence-electron chi connectivity index (χ1n) is 11.5. The Balaban J connectivity index is 1.65. The molecule has 4 aromatic carbocycles. The maximum atomic E-state index is 14.3. The minimum Gasteiger partial charge on any atom is -0.330 e. The Kier molecular flexibility index (Phi) is 6.17. The van der Waals surface area contributed by atoms with Crippen molar-refractivity contribution in [3.63, 3.8) is 0 Å². The number of para-hydroxylation sites is 1. The number of hydrogen-bond donors (Lipinski definition) is 0. The lowest BCUT2D eigenvalue weighted by Gasteiger charge is -2.25. The number of benzene rings is 4. The van der Waals surface area contributed by atoms with Crippen molar-refractivity contribution < 1.29 is 4.79 Å². The molecule has 166 valence electrons. The van der Waals surface area contributed by atoms with Crippen LogP contribution < -0.4 is 0 Å². The Morgan fingerprint density at radius 2 is 1.18 bits per heavy atom. The van der Waals surface area contributed by atoms with E-state index >= 15 is 0 Å². The van der Waals surface area contributed by atoms with Crippen LogP contribution in [-0.4, -0.2) is 15.8 Å². The molecule has 5 aromatic rings. The van der Waals surface area contributed by atoms with Crippen LogP contribution in [0, 0.1) is 6.92 Å². The molecule has 1 heterocycles. The van der Waals surface area contributed by atoms with Gasteiger partial charge in [-0.05, 0) is 29.7 Å². The average Bonchev–Trinajstić information content (AvgIpc) is 2.89. The summed E-state index contributed by atoms with van der Waals surface area (Å²) >= 11 is 0. The highest BCUT2D eigenvalue weighted by molar-refractivity contribution is 6.08. The van der Waals surface area contributed by atoms with Crippen LogP contribution in [0.4, 0.5) is 0 Å². The van der Waals surface area contributed by atoms with Crippen LogP contribution in [0.15, 0.2) is 115 Å². The Bertz CT molecular complexity index is 1370. The summed E-state index contributed by atoms with van der Waals surface area (Å²) in [5, 5.41) is 0.885. The highest BCUT2D eigenvalue weighted by Gasteiger charge is 2.24. The summed E-state index contributed by atoms with van der Waals surface area (Å²) in [6, 6.07) is 38.4. The third-order valence-electron chi connectivity index (χ3n) is 6.12. The molecule has 0 saturated carbocycles. The zero-order valence-electron chi connectivity index (χ0n) is 19.2. The van der Waals surface area contributed by atoms with E-state index in [0.717, 1.165) is 44.4 Å². The average molecular weight is 443 g/mol. The topological polar surface area (TPSA) is 33.2 Å². The van der Waals surface area contributed by atoms with Gasteiger partial charge in [0.25, 0.3) is 5.91 Å². The fraction of sp³-hybridized carbons (Fsp3) is 0.0968. The van der Waals surface area contributed by atoms with Crippen LogP contribution in [-0.2, 0) is 13.1 Å². The van der Waals surface area contributed by atoms with Gasteiger partial charge in [-0.15, -0.1) is 0 Å². The molecule has 0 fully saturated rings. The fourth-order valence-electron chi connectivity index (χ4n) is 4.43. The van der Waals surface area contributed by atoms with E-state index in [-0.39, 0.29) is 5.91 Å². The molecule has 1 aromatic heterocycles. The summed E-state index contributed by atoms with van der Waals surface area (Å²) in [6.45, 7) is 3.08. The molecule has 0 atom stereocenters. The van der Waals surface area contributed by atoms with Crippen molar-refractivity contribution in [3.8, 4) is 11.3 Å². The smallest absolute Gasteiger partial charge is 0.255 e. The van der Waals surface area contributed by atoms with Crippen molar-refractivity contribution >= 4 is 16.8 Å². The highest BCUT2D eigenvalue weighted by atomic mass is 16.2. The minimum absolute atomic E-state index is 0.0148. The lowest BCUT2D eigenvalue weighted by Crippen LogP contribution is -2.31. The van der Waals surface area contributed by atoms with Crippen LogP contribution in [0.3, 0.4) is 0 Å². The second-order valence-electron chi connectivity index (χ2n) is 8.48. The summed E-state index contributed by atoms with van der Waals surface area (Å²) in [5.41, 5.74) is 6.52. The second kappa shape index (κ2) is 9.72. The number of nitrogens with zero attached hydrogens (tertiary/aromatic N) is 2. The summed E-state index contributed by atoms with van der Waals surface area (Å²) < 4.78 is 0. The maximum Gasteiger partial charge on any atom is 0.255 e. The number of pyridine rings is 1. The molecule has 0 aliphatic rings. The number of rotatable bonds is 6. The van der Waals surface area contributed by atoms with Gasteiger partial charge in [-0.25, -0.2) is 4.98 Å². The van der Waals surface area contributed by atoms with E-state index in [1.165, 1.54) is 0 Å². The molecular weight excluding hydrogens is 416 g/mol. The zero-order valence-corrected chi connectivity index (χ0v) is 19.2. The molecule has 0 saturated heterocycles. The van der Waals surface area contributed by atoms with E-state index in [4.69, 9.17) is 4.98 Å². The number of carbonyl (C=O) groups is 1. The van der Waals surface area contributed by atoms with E-state index in [9.17, 15) is 4.79 Å². The molecule has 0 unspecified atom stereocenters. The van der Waals surface area contributed by atoms with E-state index in [0.29, 0.717) is 13.1 Å². The molecule has 0 radical (unpaired) electrons. The molecule has 1 amide bonds. The Labute approximate surface area is 200 Å². The number of hydrogen-bond acceptors (Lipinski definition) is 2. The first-order chi connectivity index (χ1) is 16.7. The van der Waals surface area contributed by atoms with Gasteiger partial charge in [-0.3, -0.25) is 4.79 Å². The SMILES string of the molecule is Cc1c(-c2ccccc2)nc2ccccc2c1C(=O)N(Cc1ccccc1)Cc1ccccc1. The van der Waals surface area contributed by atoms with Crippen LogP contribution in [0.5, 0.6) is 0 Å². The third-order valence-corrected chi connectivity index (χ3v) is 6.12. The third kappa shape index (κ3) is 4.46. The maximum absolute atomic E-state index is 14.3. The summed E-state index contributed by atoms with van der Waals surface area (Å²) in [5.74, 6) is 0.0148. The number of aromatic nitrogens is 1. The van der Waals surface area contributed by atoms with E-state index in [2.05, 4.69) is 24.3 Å². The van der Waals surface area contributed by atoms with E-state index in [1.54, 1.807) is 0 Å². The highest BCUT2D eigenvalue weighted by Crippen LogP contribution is 2.31. The monoisotopic (exact) mass is 442 g/mol. The van der Waals surface area contributed by atoms with Gasteiger partial charge >= 0.3 is 0 Å². The first kappa shape index (κ1) is 21.6. The number of carbonyl (C=O) groups excluding carboxylic acids is 1. The predicted molar refractivity (Wildman–Crippen MR) is 138 cm³/mol. The Hall–Kier alpha value is -4.24. The molecule has 34 heavy (non-hydrogen) atoms. The van der Waals surface area contributed by atoms with Gasteiger partial charge in [0.2, 0.25) is 0 Å². The normalized spacial score (nSPS) is 10.9. The van der Waals surface area contributed by atoms with Crippen LogP contribution in [0.2, 0.25) is 0 Å². The van der Waals surface area contributed by atoms with Gasteiger partial charge in [-0.2, -0.15) is 0 Å². The minimum atomic E-state index is 0.0148. The van der Waals surface area contributed by atoms with Crippen molar-refractivity contribution in [3.05, 3.63) is 138 Å². The predicted octanol–water partition coefficient (Wildman–Crippen LogP) is 7.05. The summed E-state index contributed by atoms with van der Waals surface area (Å²) in [6.07, 6.45) is 0. The molecule has 3 nitrogen and oxygen atoms in total. The molecule has 0 spiro atoms. The van der Waals surface area contributed by atoms with Gasteiger partial charge in [0.15, 0.2) is 0 Å². The Morgan fingerprint density at radius 1 is 0.676 bits per heavy atom.